The van der Waals surface area contributed by atoms with Gasteiger partial charge in [-0.25, -0.2) is 4.39 Å². The van der Waals surface area contributed by atoms with Crippen LogP contribution in [-0.2, 0) is 11.3 Å². The number of nitrogens with zero attached hydrogens (tertiary/aromatic N) is 1. The molecule has 1 heterocycles. The van der Waals surface area contributed by atoms with Crippen molar-refractivity contribution in [2.75, 3.05) is 13.1 Å². The van der Waals surface area contributed by atoms with Gasteiger partial charge in [0.15, 0.2) is 0 Å². The highest BCUT2D eigenvalue weighted by Gasteiger charge is 2.26. The molecule has 0 bridgehead atoms. The van der Waals surface area contributed by atoms with Crippen LogP contribution in [0, 0.1) is 5.82 Å². The summed E-state index contributed by atoms with van der Waals surface area (Å²) in [6, 6.07) is 6.53. The van der Waals surface area contributed by atoms with Crippen molar-refractivity contribution in [2.24, 2.45) is 5.73 Å². The first-order chi connectivity index (χ1) is 10.1. The van der Waals surface area contributed by atoms with Gasteiger partial charge >= 0.3 is 0 Å². The van der Waals surface area contributed by atoms with Crippen LogP contribution in [0.25, 0.3) is 0 Å². The second-order valence-electron chi connectivity index (χ2n) is 5.80. The molecule has 0 spiro atoms. The van der Waals surface area contributed by atoms with Crippen LogP contribution in [0.15, 0.2) is 24.3 Å². The van der Waals surface area contributed by atoms with Crippen molar-refractivity contribution in [3.05, 3.63) is 35.6 Å². The summed E-state index contributed by atoms with van der Waals surface area (Å²) in [7, 11) is 0. The van der Waals surface area contributed by atoms with Crippen LogP contribution < -0.4 is 11.1 Å². The summed E-state index contributed by atoms with van der Waals surface area (Å²) in [5, 5.41) is 2.88. The van der Waals surface area contributed by atoms with Gasteiger partial charge in [0.05, 0.1) is 6.54 Å². The number of amides is 1. The minimum Gasteiger partial charge on any atom is -0.351 e. The van der Waals surface area contributed by atoms with Gasteiger partial charge in [0.2, 0.25) is 5.91 Å². The highest BCUT2D eigenvalue weighted by molar-refractivity contribution is 5.78. The number of piperidine rings is 1. The maximum Gasteiger partial charge on any atom is 0.234 e. The maximum atomic E-state index is 12.8. The third-order valence-corrected chi connectivity index (χ3v) is 4.02. The molecule has 1 aliphatic rings. The Bertz CT molecular complexity index is 461. The zero-order valence-corrected chi connectivity index (χ0v) is 12.5. The van der Waals surface area contributed by atoms with Crippen LogP contribution in [-0.4, -0.2) is 36.0 Å². The molecular weight excluding hydrogens is 269 g/mol. The molecule has 1 saturated heterocycles. The second kappa shape index (κ2) is 7.52. The molecule has 1 fully saturated rings. The Morgan fingerprint density at radius 1 is 1.43 bits per heavy atom. The summed E-state index contributed by atoms with van der Waals surface area (Å²) in [6.07, 6.45) is 3.36. The van der Waals surface area contributed by atoms with Crippen molar-refractivity contribution < 1.29 is 9.18 Å². The predicted octanol–water partition coefficient (Wildman–Crippen LogP) is 1.64. The van der Waals surface area contributed by atoms with Crippen LogP contribution in [0.4, 0.5) is 4.39 Å². The minimum absolute atomic E-state index is 0.00752. The third-order valence-electron chi connectivity index (χ3n) is 4.02. The lowest BCUT2D eigenvalue weighted by molar-refractivity contribution is -0.123. The molecule has 2 rings (SSSR count). The molecule has 5 heteroatoms. The normalized spacial score (nSPS) is 21.0. The first-order valence-corrected chi connectivity index (χ1v) is 7.57. The van der Waals surface area contributed by atoms with Gasteiger partial charge in [0, 0.05) is 18.6 Å². The zero-order chi connectivity index (χ0) is 15.2. The number of likely N-dealkylation sites (tertiary alicyclic amines) is 1. The Morgan fingerprint density at radius 3 is 2.81 bits per heavy atom. The predicted molar refractivity (Wildman–Crippen MR) is 81.1 cm³/mol. The summed E-state index contributed by atoms with van der Waals surface area (Å²) in [4.78, 5) is 14.2. The molecular formula is C16H24FN3O. The molecule has 1 aliphatic heterocycles. The lowest BCUT2D eigenvalue weighted by Crippen LogP contribution is -2.52. The standard InChI is InChI=1S/C16H24FN3O/c1-12(18)15-4-2-3-9-20(15)11-16(21)19-10-13-5-7-14(17)8-6-13/h5-8,12,15H,2-4,9-11,18H2,1H3,(H,19,21). The van der Waals surface area contributed by atoms with Crippen molar-refractivity contribution in [1.82, 2.24) is 10.2 Å². The Hall–Kier alpha value is -1.46. The topological polar surface area (TPSA) is 58.4 Å². The fourth-order valence-electron chi connectivity index (χ4n) is 2.85. The van der Waals surface area contributed by atoms with Crippen molar-refractivity contribution >= 4 is 5.91 Å². The number of carbonyl (C=O) groups is 1. The van der Waals surface area contributed by atoms with Gasteiger partial charge in [-0.1, -0.05) is 18.6 Å². The number of carbonyl (C=O) groups excluding carboxylic acids is 1. The van der Waals surface area contributed by atoms with Gasteiger partial charge in [0.1, 0.15) is 5.82 Å². The van der Waals surface area contributed by atoms with E-state index in [0.29, 0.717) is 13.1 Å². The largest absolute Gasteiger partial charge is 0.351 e. The Balaban J connectivity index is 1.81. The molecule has 1 amide bonds. The van der Waals surface area contributed by atoms with E-state index >= 15 is 0 Å². The Kier molecular flexibility index (Phi) is 5.70. The third kappa shape index (κ3) is 4.79. The van der Waals surface area contributed by atoms with E-state index in [1.807, 2.05) is 6.92 Å². The van der Waals surface area contributed by atoms with E-state index in [0.717, 1.165) is 24.9 Å². The highest BCUT2D eigenvalue weighted by atomic mass is 19.1. The average molecular weight is 293 g/mol. The first-order valence-electron chi connectivity index (χ1n) is 7.57. The van der Waals surface area contributed by atoms with Gasteiger partial charge in [-0.15, -0.1) is 0 Å². The monoisotopic (exact) mass is 293 g/mol. The Morgan fingerprint density at radius 2 is 2.14 bits per heavy atom. The van der Waals surface area contributed by atoms with Gasteiger partial charge in [0.25, 0.3) is 0 Å². The molecule has 3 N–H and O–H groups in total. The SMILES string of the molecule is CC(N)C1CCCCN1CC(=O)NCc1ccc(F)cc1. The maximum absolute atomic E-state index is 12.8. The van der Waals surface area contributed by atoms with Crippen LogP contribution in [0.1, 0.15) is 31.7 Å². The summed E-state index contributed by atoms with van der Waals surface area (Å²) >= 11 is 0. The number of benzene rings is 1. The van der Waals surface area contributed by atoms with E-state index in [1.54, 1.807) is 12.1 Å². The number of halogens is 1. The van der Waals surface area contributed by atoms with Gasteiger partial charge in [-0.05, 0) is 44.0 Å². The molecule has 0 aliphatic carbocycles. The first kappa shape index (κ1) is 15.9. The molecule has 0 radical (unpaired) electrons. The summed E-state index contributed by atoms with van der Waals surface area (Å²) in [6.45, 7) is 3.73. The minimum atomic E-state index is -0.266. The molecule has 1 aromatic carbocycles. The lowest BCUT2D eigenvalue weighted by Gasteiger charge is -2.37. The number of rotatable bonds is 5. The van der Waals surface area contributed by atoms with Crippen molar-refractivity contribution in [2.45, 2.75) is 44.8 Å². The van der Waals surface area contributed by atoms with Crippen LogP contribution in [0.5, 0.6) is 0 Å². The van der Waals surface area contributed by atoms with E-state index < -0.39 is 0 Å². The highest BCUT2D eigenvalue weighted by Crippen LogP contribution is 2.18. The van der Waals surface area contributed by atoms with Crippen LogP contribution in [0.3, 0.4) is 0 Å². The lowest BCUT2D eigenvalue weighted by atomic mass is 9.97. The fraction of sp³-hybridized carbons (Fsp3) is 0.562. The van der Waals surface area contributed by atoms with Crippen LogP contribution in [0.2, 0.25) is 0 Å². The van der Waals surface area contributed by atoms with Gasteiger partial charge in [-0.2, -0.15) is 0 Å². The fourth-order valence-corrected chi connectivity index (χ4v) is 2.85. The molecule has 2 atom stereocenters. The number of hydrogen-bond donors (Lipinski definition) is 2. The quantitative estimate of drug-likeness (QED) is 0.868. The van der Waals surface area contributed by atoms with E-state index in [4.69, 9.17) is 5.73 Å². The van der Waals surface area contributed by atoms with E-state index in [-0.39, 0.29) is 23.8 Å². The molecule has 116 valence electrons. The van der Waals surface area contributed by atoms with Gasteiger partial charge < -0.3 is 11.1 Å². The van der Waals surface area contributed by atoms with Crippen molar-refractivity contribution in [1.29, 1.82) is 0 Å². The van der Waals surface area contributed by atoms with E-state index in [9.17, 15) is 9.18 Å². The zero-order valence-electron chi connectivity index (χ0n) is 12.5. The molecule has 2 unspecified atom stereocenters. The van der Waals surface area contributed by atoms with E-state index in [2.05, 4.69) is 10.2 Å². The smallest absolute Gasteiger partial charge is 0.234 e. The number of nitrogens with two attached hydrogens (primary N) is 1. The van der Waals surface area contributed by atoms with E-state index in [1.165, 1.54) is 18.6 Å². The average Bonchev–Trinajstić information content (AvgIpc) is 2.47. The van der Waals surface area contributed by atoms with Crippen molar-refractivity contribution in [3.63, 3.8) is 0 Å². The molecule has 0 aromatic heterocycles. The number of hydrogen-bond acceptors (Lipinski definition) is 3. The number of nitrogens with one attached hydrogen (secondary N) is 1. The van der Waals surface area contributed by atoms with Crippen LogP contribution >= 0.6 is 0 Å². The van der Waals surface area contributed by atoms with Gasteiger partial charge in [-0.3, -0.25) is 9.69 Å². The molecule has 0 saturated carbocycles. The van der Waals surface area contributed by atoms with Crippen molar-refractivity contribution in [3.8, 4) is 0 Å². The molecule has 1 aromatic rings. The molecule has 21 heavy (non-hydrogen) atoms. The summed E-state index contributed by atoms with van der Waals surface area (Å²) in [5.74, 6) is -0.273. The summed E-state index contributed by atoms with van der Waals surface area (Å²) < 4.78 is 12.8. The molecule has 4 nitrogen and oxygen atoms in total. The second-order valence-corrected chi connectivity index (χ2v) is 5.80. The Labute approximate surface area is 125 Å². The summed E-state index contributed by atoms with van der Waals surface area (Å²) in [5.41, 5.74) is 6.90.